The zero-order valence-electron chi connectivity index (χ0n) is 13.4. The van der Waals surface area contributed by atoms with Gasteiger partial charge in [-0.15, -0.1) is 0 Å². The first-order valence-electron chi connectivity index (χ1n) is 7.83. The average Bonchev–Trinajstić information content (AvgIpc) is 2.97. The molecular formula is C19H17NO5. The van der Waals surface area contributed by atoms with Crippen molar-refractivity contribution in [3.05, 3.63) is 65.9 Å². The zero-order valence-corrected chi connectivity index (χ0v) is 13.4. The standard InChI is InChI=1S/C19H17NO5/c21-17(22)11-10-16-14-8-4-5-9-15(14)18(25-16)20-19(23)24-12-13-6-2-1-3-7-13/h1-9H,10-12H2,(H,20,23)(H,21,22). The molecule has 0 radical (unpaired) electrons. The number of benzene rings is 2. The fraction of sp³-hybridized carbons (Fsp3) is 0.158. The summed E-state index contributed by atoms with van der Waals surface area (Å²) in [7, 11) is 0. The van der Waals surface area contributed by atoms with Crippen molar-refractivity contribution in [3.63, 3.8) is 0 Å². The van der Waals surface area contributed by atoms with Gasteiger partial charge in [-0.25, -0.2) is 4.79 Å². The predicted molar refractivity (Wildman–Crippen MR) is 92.4 cm³/mol. The number of hydrogen-bond acceptors (Lipinski definition) is 4. The number of aryl methyl sites for hydroxylation is 1. The molecule has 0 spiro atoms. The minimum Gasteiger partial charge on any atom is -0.481 e. The summed E-state index contributed by atoms with van der Waals surface area (Å²) in [6.07, 6.45) is -0.431. The molecule has 1 amide bonds. The van der Waals surface area contributed by atoms with Crippen LogP contribution in [-0.2, 0) is 22.6 Å². The first kappa shape index (κ1) is 16.6. The van der Waals surface area contributed by atoms with Gasteiger partial charge < -0.3 is 14.3 Å². The lowest BCUT2D eigenvalue weighted by atomic mass is 10.1. The smallest absolute Gasteiger partial charge is 0.414 e. The van der Waals surface area contributed by atoms with Crippen molar-refractivity contribution in [1.82, 2.24) is 0 Å². The molecule has 0 aliphatic rings. The quantitative estimate of drug-likeness (QED) is 0.702. The second-order valence-electron chi connectivity index (χ2n) is 5.48. The van der Waals surface area contributed by atoms with Crippen LogP contribution < -0.4 is 5.32 Å². The van der Waals surface area contributed by atoms with Gasteiger partial charge in [0.05, 0.1) is 6.42 Å². The molecule has 6 nitrogen and oxygen atoms in total. The SMILES string of the molecule is O=C(O)CCc1oc(NC(=O)OCc2ccccc2)c2ccccc12. The summed E-state index contributed by atoms with van der Waals surface area (Å²) in [5, 5.41) is 12.9. The van der Waals surface area contributed by atoms with Gasteiger partial charge in [0.15, 0.2) is 0 Å². The summed E-state index contributed by atoms with van der Waals surface area (Å²) in [5.41, 5.74) is 0.879. The second-order valence-corrected chi connectivity index (χ2v) is 5.48. The van der Waals surface area contributed by atoms with Crippen molar-refractivity contribution < 1.29 is 23.8 Å². The Morgan fingerprint density at radius 2 is 1.68 bits per heavy atom. The third kappa shape index (κ3) is 4.17. The molecule has 1 heterocycles. The number of rotatable bonds is 6. The number of hydrogen-bond donors (Lipinski definition) is 2. The summed E-state index contributed by atoms with van der Waals surface area (Å²) in [6, 6.07) is 16.6. The molecule has 3 rings (SSSR count). The topological polar surface area (TPSA) is 88.8 Å². The van der Waals surface area contributed by atoms with Crippen molar-refractivity contribution in [2.75, 3.05) is 5.32 Å². The molecule has 0 fully saturated rings. The number of aliphatic carboxylic acids is 1. The Morgan fingerprint density at radius 1 is 1.00 bits per heavy atom. The van der Waals surface area contributed by atoms with Crippen LogP contribution in [0.2, 0.25) is 0 Å². The summed E-state index contributed by atoms with van der Waals surface area (Å²) in [4.78, 5) is 22.8. The van der Waals surface area contributed by atoms with E-state index in [-0.39, 0.29) is 25.3 Å². The Bertz CT molecular complexity index is 885. The minimum atomic E-state index is -0.905. The van der Waals surface area contributed by atoms with Crippen molar-refractivity contribution >= 4 is 28.7 Å². The van der Waals surface area contributed by atoms with Crippen LogP contribution >= 0.6 is 0 Å². The van der Waals surface area contributed by atoms with Crippen LogP contribution in [0, 0.1) is 0 Å². The van der Waals surface area contributed by atoms with Crippen LogP contribution in [0.25, 0.3) is 10.8 Å². The minimum absolute atomic E-state index is 0.0462. The Labute approximate surface area is 144 Å². The normalized spacial score (nSPS) is 10.6. The average molecular weight is 339 g/mol. The molecule has 128 valence electrons. The molecule has 25 heavy (non-hydrogen) atoms. The molecule has 0 atom stereocenters. The van der Waals surface area contributed by atoms with Gasteiger partial charge >= 0.3 is 12.1 Å². The van der Waals surface area contributed by atoms with E-state index in [0.717, 1.165) is 10.9 Å². The van der Waals surface area contributed by atoms with E-state index >= 15 is 0 Å². The van der Waals surface area contributed by atoms with Gasteiger partial charge in [0.2, 0.25) is 5.88 Å². The van der Waals surface area contributed by atoms with Crippen molar-refractivity contribution in [3.8, 4) is 0 Å². The number of carboxylic acid groups (broad SMARTS) is 1. The second kappa shape index (κ2) is 7.53. The largest absolute Gasteiger partial charge is 0.481 e. The number of carbonyl (C=O) groups is 2. The fourth-order valence-electron chi connectivity index (χ4n) is 2.51. The summed E-state index contributed by atoms with van der Waals surface area (Å²) in [5.74, 6) is -0.123. The van der Waals surface area contributed by atoms with E-state index in [2.05, 4.69) is 5.32 Å². The molecule has 0 saturated carbocycles. The van der Waals surface area contributed by atoms with Gasteiger partial charge in [0, 0.05) is 17.2 Å². The molecular weight excluding hydrogens is 322 g/mol. The zero-order chi connectivity index (χ0) is 17.6. The highest BCUT2D eigenvalue weighted by molar-refractivity contribution is 5.99. The Kier molecular flexibility index (Phi) is 4.99. The molecule has 6 heteroatoms. The van der Waals surface area contributed by atoms with Crippen LogP contribution in [0.5, 0.6) is 0 Å². The molecule has 2 aromatic carbocycles. The predicted octanol–water partition coefficient (Wildman–Crippen LogP) is 4.20. The molecule has 0 aliphatic heterocycles. The number of ether oxygens (including phenoxy) is 1. The highest BCUT2D eigenvalue weighted by Gasteiger charge is 2.16. The highest BCUT2D eigenvalue weighted by atomic mass is 16.6. The van der Waals surface area contributed by atoms with Gasteiger partial charge in [-0.1, -0.05) is 48.5 Å². The van der Waals surface area contributed by atoms with E-state index in [9.17, 15) is 9.59 Å². The maximum atomic E-state index is 12.0. The van der Waals surface area contributed by atoms with Crippen molar-refractivity contribution in [1.29, 1.82) is 0 Å². The van der Waals surface area contributed by atoms with Crippen LogP contribution in [0.4, 0.5) is 10.7 Å². The van der Waals surface area contributed by atoms with E-state index in [0.29, 0.717) is 11.1 Å². The third-order valence-electron chi connectivity index (χ3n) is 3.69. The fourth-order valence-corrected chi connectivity index (χ4v) is 2.51. The lowest BCUT2D eigenvalue weighted by Gasteiger charge is -2.05. The number of carbonyl (C=O) groups excluding carboxylic acids is 1. The van der Waals surface area contributed by atoms with Gasteiger partial charge in [-0.3, -0.25) is 10.1 Å². The maximum absolute atomic E-state index is 12.0. The number of anilines is 1. The molecule has 2 N–H and O–H groups in total. The highest BCUT2D eigenvalue weighted by Crippen LogP contribution is 2.31. The summed E-state index contributed by atoms with van der Waals surface area (Å²) in [6.45, 7) is 0.150. The van der Waals surface area contributed by atoms with Gasteiger partial charge in [0.25, 0.3) is 0 Å². The lowest BCUT2D eigenvalue weighted by molar-refractivity contribution is -0.137. The number of nitrogens with one attached hydrogen (secondary N) is 1. The van der Waals surface area contributed by atoms with E-state index < -0.39 is 12.1 Å². The van der Waals surface area contributed by atoms with Crippen molar-refractivity contribution in [2.24, 2.45) is 0 Å². The maximum Gasteiger partial charge on any atom is 0.414 e. The van der Waals surface area contributed by atoms with Crippen LogP contribution in [-0.4, -0.2) is 17.2 Å². The van der Waals surface area contributed by atoms with Gasteiger partial charge in [-0.05, 0) is 11.6 Å². The Hall–Kier alpha value is -3.28. The van der Waals surface area contributed by atoms with Crippen LogP contribution in [0.3, 0.4) is 0 Å². The van der Waals surface area contributed by atoms with Gasteiger partial charge in [-0.2, -0.15) is 0 Å². The lowest BCUT2D eigenvalue weighted by Crippen LogP contribution is -2.13. The van der Waals surface area contributed by atoms with Crippen LogP contribution in [0.1, 0.15) is 17.7 Å². The number of fused-ring (bicyclic) bond motifs is 1. The number of carboxylic acids is 1. The molecule has 3 aromatic rings. The molecule has 0 saturated heterocycles. The van der Waals surface area contributed by atoms with E-state index in [1.165, 1.54) is 0 Å². The first-order chi connectivity index (χ1) is 12.1. The van der Waals surface area contributed by atoms with Crippen LogP contribution in [0.15, 0.2) is 59.0 Å². The number of furan rings is 1. The molecule has 0 bridgehead atoms. The number of amides is 1. The Morgan fingerprint density at radius 3 is 2.40 bits per heavy atom. The summed E-state index contributed by atoms with van der Waals surface area (Å²) < 4.78 is 10.8. The molecule has 0 unspecified atom stereocenters. The van der Waals surface area contributed by atoms with Crippen molar-refractivity contribution in [2.45, 2.75) is 19.4 Å². The monoisotopic (exact) mass is 339 g/mol. The third-order valence-corrected chi connectivity index (χ3v) is 3.69. The molecule has 0 aliphatic carbocycles. The first-order valence-corrected chi connectivity index (χ1v) is 7.83. The Balaban J connectivity index is 1.72. The van der Waals surface area contributed by atoms with E-state index in [1.54, 1.807) is 6.07 Å². The van der Waals surface area contributed by atoms with E-state index in [4.69, 9.17) is 14.3 Å². The summed E-state index contributed by atoms with van der Waals surface area (Å²) >= 11 is 0. The molecule has 1 aromatic heterocycles. The van der Waals surface area contributed by atoms with Gasteiger partial charge in [0.1, 0.15) is 12.4 Å². The van der Waals surface area contributed by atoms with E-state index in [1.807, 2.05) is 48.5 Å².